The van der Waals surface area contributed by atoms with E-state index in [0.29, 0.717) is 17.6 Å². The van der Waals surface area contributed by atoms with Crippen LogP contribution in [0.2, 0.25) is 0 Å². The molecule has 1 aromatic rings. The molecule has 2 nitrogen and oxygen atoms in total. The number of hydrogen-bond acceptors (Lipinski definition) is 2. The van der Waals surface area contributed by atoms with Crippen molar-refractivity contribution in [1.29, 1.82) is 0 Å². The lowest BCUT2D eigenvalue weighted by atomic mass is 9.78. The molecule has 0 amide bonds. The second kappa shape index (κ2) is 3.76. The zero-order valence-electron chi connectivity index (χ0n) is 9.58. The van der Waals surface area contributed by atoms with E-state index in [2.05, 4.69) is 13.8 Å². The Labute approximate surface area is 90.9 Å². The van der Waals surface area contributed by atoms with E-state index in [1.54, 1.807) is 7.11 Å². The second-order valence-corrected chi connectivity index (χ2v) is 4.66. The first-order chi connectivity index (χ1) is 7.11. The Kier molecular flexibility index (Phi) is 2.59. The minimum Gasteiger partial charge on any atom is -0.504 e. The van der Waals surface area contributed by atoms with Crippen LogP contribution in [0.1, 0.15) is 25.0 Å². The highest BCUT2D eigenvalue weighted by molar-refractivity contribution is 5.47. The third kappa shape index (κ3) is 1.81. The largest absolute Gasteiger partial charge is 0.504 e. The summed E-state index contributed by atoms with van der Waals surface area (Å²) in [6.45, 7) is 4.56. The van der Waals surface area contributed by atoms with Crippen LogP contribution in [-0.4, -0.2) is 12.2 Å². The normalized spacial score (nSPS) is 24.7. The van der Waals surface area contributed by atoms with Crippen molar-refractivity contribution in [3.63, 3.8) is 0 Å². The quantitative estimate of drug-likeness (QED) is 0.765. The average Bonchev–Trinajstić information content (AvgIpc) is 2.20. The fraction of sp³-hybridized carbons (Fsp3) is 0.538. The molecule has 1 aromatic carbocycles. The van der Waals surface area contributed by atoms with Gasteiger partial charge < -0.3 is 9.84 Å². The number of hydrogen-bond donors (Lipinski definition) is 1. The maximum absolute atomic E-state index is 9.69. The van der Waals surface area contributed by atoms with Crippen molar-refractivity contribution < 1.29 is 9.84 Å². The molecule has 0 aromatic heterocycles. The molecular formula is C13H18O2. The summed E-state index contributed by atoms with van der Waals surface area (Å²) in [7, 11) is 1.59. The van der Waals surface area contributed by atoms with E-state index >= 15 is 0 Å². The third-order valence-electron chi connectivity index (χ3n) is 3.56. The number of methoxy groups -OCH3 is 1. The lowest BCUT2D eigenvalue weighted by Crippen LogP contribution is -2.20. The molecule has 0 unspecified atom stereocenters. The van der Waals surface area contributed by atoms with Gasteiger partial charge in [-0.05, 0) is 47.9 Å². The number of phenols is 1. The van der Waals surface area contributed by atoms with Crippen LogP contribution in [0.15, 0.2) is 12.1 Å². The van der Waals surface area contributed by atoms with Crippen molar-refractivity contribution >= 4 is 0 Å². The van der Waals surface area contributed by atoms with Gasteiger partial charge in [0.1, 0.15) is 0 Å². The highest BCUT2D eigenvalue weighted by atomic mass is 16.5. The highest BCUT2D eigenvalue weighted by Crippen LogP contribution is 2.36. The Hall–Kier alpha value is -1.18. The van der Waals surface area contributed by atoms with Crippen molar-refractivity contribution in [3.05, 3.63) is 23.3 Å². The van der Waals surface area contributed by atoms with Crippen molar-refractivity contribution in [2.75, 3.05) is 7.11 Å². The number of rotatable bonds is 1. The highest BCUT2D eigenvalue weighted by Gasteiger charge is 2.23. The maximum Gasteiger partial charge on any atom is 0.160 e. The summed E-state index contributed by atoms with van der Waals surface area (Å²) in [5.74, 6) is 2.27. The molecule has 0 aliphatic heterocycles. The first kappa shape index (κ1) is 10.3. The van der Waals surface area contributed by atoms with E-state index in [0.717, 1.165) is 12.8 Å². The maximum atomic E-state index is 9.69. The van der Waals surface area contributed by atoms with Gasteiger partial charge in [0.25, 0.3) is 0 Å². The Balaban J connectivity index is 2.41. The minimum atomic E-state index is 0.262. The Bertz CT molecular complexity index is 371. The molecule has 0 saturated carbocycles. The molecule has 82 valence electrons. The predicted octanol–water partition coefficient (Wildman–Crippen LogP) is 2.77. The summed E-state index contributed by atoms with van der Waals surface area (Å²) >= 11 is 0. The minimum absolute atomic E-state index is 0.262. The molecule has 1 N–H and O–H groups in total. The molecule has 2 heteroatoms. The standard InChI is InChI=1S/C13H18O2/c1-8-4-10-6-12(14)13(15-3)7-11(10)5-9(8)2/h6-9,14H,4-5H2,1-3H3/t8-,9-/m1/s1. The molecule has 2 atom stereocenters. The number of ether oxygens (including phenoxy) is 1. The SMILES string of the molecule is COc1cc2c(cc1O)C[C@@H](C)[C@H](C)C2. The van der Waals surface area contributed by atoms with Crippen molar-refractivity contribution in [3.8, 4) is 11.5 Å². The van der Waals surface area contributed by atoms with Crippen LogP contribution in [0, 0.1) is 11.8 Å². The van der Waals surface area contributed by atoms with Gasteiger partial charge in [0.05, 0.1) is 7.11 Å². The first-order valence-electron chi connectivity index (χ1n) is 5.50. The van der Waals surface area contributed by atoms with Gasteiger partial charge in [-0.3, -0.25) is 0 Å². The first-order valence-corrected chi connectivity index (χ1v) is 5.50. The molecule has 15 heavy (non-hydrogen) atoms. The lowest BCUT2D eigenvalue weighted by molar-refractivity contribution is 0.349. The predicted molar refractivity (Wildman–Crippen MR) is 60.4 cm³/mol. The molecule has 0 radical (unpaired) electrons. The number of aromatic hydroxyl groups is 1. The average molecular weight is 206 g/mol. The molecule has 0 saturated heterocycles. The fourth-order valence-corrected chi connectivity index (χ4v) is 2.29. The monoisotopic (exact) mass is 206 g/mol. The molecule has 0 spiro atoms. The molecular weight excluding hydrogens is 188 g/mol. The Morgan fingerprint density at radius 3 is 2.20 bits per heavy atom. The van der Waals surface area contributed by atoms with Crippen LogP contribution in [-0.2, 0) is 12.8 Å². The summed E-state index contributed by atoms with van der Waals surface area (Å²) in [4.78, 5) is 0. The van der Waals surface area contributed by atoms with Gasteiger partial charge in [-0.15, -0.1) is 0 Å². The lowest BCUT2D eigenvalue weighted by Gasteiger charge is -2.28. The van der Waals surface area contributed by atoms with E-state index in [-0.39, 0.29) is 5.75 Å². The zero-order valence-corrected chi connectivity index (χ0v) is 9.58. The summed E-state index contributed by atoms with van der Waals surface area (Å²) < 4.78 is 5.12. The van der Waals surface area contributed by atoms with Crippen LogP contribution in [0.3, 0.4) is 0 Å². The molecule has 0 bridgehead atoms. The molecule has 1 aliphatic carbocycles. The number of phenolic OH excluding ortho intramolecular Hbond substituents is 1. The van der Waals surface area contributed by atoms with Gasteiger partial charge >= 0.3 is 0 Å². The van der Waals surface area contributed by atoms with Crippen molar-refractivity contribution in [1.82, 2.24) is 0 Å². The van der Waals surface area contributed by atoms with Gasteiger partial charge in [-0.2, -0.15) is 0 Å². The van der Waals surface area contributed by atoms with Crippen LogP contribution >= 0.6 is 0 Å². The summed E-state index contributed by atoms with van der Waals surface area (Å²) in [6, 6.07) is 3.84. The number of fused-ring (bicyclic) bond motifs is 1. The van der Waals surface area contributed by atoms with E-state index in [1.807, 2.05) is 12.1 Å². The summed E-state index contributed by atoms with van der Waals surface area (Å²) in [5.41, 5.74) is 2.61. The van der Waals surface area contributed by atoms with E-state index in [1.165, 1.54) is 11.1 Å². The number of benzene rings is 1. The third-order valence-corrected chi connectivity index (χ3v) is 3.56. The van der Waals surface area contributed by atoms with Gasteiger partial charge in [-0.1, -0.05) is 13.8 Å². The molecule has 1 aliphatic rings. The summed E-state index contributed by atoms with van der Waals surface area (Å²) in [5, 5.41) is 9.69. The zero-order chi connectivity index (χ0) is 11.0. The van der Waals surface area contributed by atoms with Gasteiger partial charge in [0, 0.05) is 0 Å². The topological polar surface area (TPSA) is 29.5 Å². The molecule has 2 rings (SSSR count). The van der Waals surface area contributed by atoms with Gasteiger partial charge in [0.15, 0.2) is 11.5 Å². The smallest absolute Gasteiger partial charge is 0.160 e. The molecule has 0 heterocycles. The molecule has 0 fully saturated rings. The summed E-state index contributed by atoms with van der Waals surface area (Å²) in [6.07, 6.45) is 2.15. The Morgan fingerprint density at radius 1 is 1.13 bits per heavy atom. The van der Waals surface area contributed by atoms with Crippen LogP contribution in [0.4, 0.5) is 0 Å². The van der Waals surface area contributed by atoms with Crippen molar-refractivity contribution in [2.45, 2.75) is 26.7 Å². The fourth-order valence-electron chi connectivity index (χ4n) is 2.29. The van der Waals surface area contributed by atoms with E-state index in [9.17, 15) is 5.11 Å². The van der Waals surface area contributed by atoms with Gasteiger partial charge in [0.2, 0.25) is 0 Å². The van der Waals surface area contributed by atoms with Gasteiger partial charge in [-0.25, -0.2) is 0 Å². The van der Waals surface area contributed by atoms with Crippen LogP contribution in [0.5, 0.6) is 11.5 Å². The van der Waals surface area contributed by atoms with E-state index in [4.69, 9.17) is 4.74 Å². The van der Waals surface area contributed by atoms with Crippen LogP contribution in [0.25, 0.3) is 0 Å². The Morgan fingerprint density at radius 2 is 1.67 bits per heavy atom. The van der Waals surface area contributed by atoms with E-state index < -0.39 is 0 Å². The second-order valence-electron chi connectivity index (χ2n) is 4.66. The van der Waals surface area contributed by atoms with Crippen LogP contribution < -0.4 is 4.74 Å². The van der Waals surface area contributed by atoms with Crippen molar-refractivity contribution in [2.24, 2.45) is 11.8 Å².